The fraction of sp³-hybridized carbons (Fsp3) is 0.923. The number of hydrogen-bond acceptors (Lipinski definition) is 4. The maximum absolute atomic E-state index is 11.4. The number of unbranched alkanes of at least 4 members (excludes halogenated alkanes) is 4. The standard InChI is InChI=1S/C13H26O4/c1-3-12(13(15)16-4-2)17-11-9-7-5-6-8-10-14/h12,14H,3-11H2,1-2H3. The van der Waals surface area contributed by atoms with Crippen LogP contribution in [0.15, 0.2) is 0 Å². The molecule has 1 N–H and O–H groups in total. The van der Waals surface area contributed by atoms with Crippen LogP contribution in [-0.4, -0.2) is 37.0 Å². The van der Waals surface area contributed by atoms with Crippen molar-refractivity contribution in [2.24, 2.45) is 0 Å². The summed E-state index contributed by atoms with van der Waals surface area (Å²) < 4.78 is 10.4. The first-order valence-electron chi connectivity index (χ1n) is 6.65. The SMILES string of the molecule is CCOC(=O)C(CC)OCCCCCCCO. The molecule has 0 aromatic rings. The van der Waals surface area contributed by atoms with Gasteiger partial charge in [0.25, 0.3) is 0 Å². The van der Waals surface area contributed by atoms with Gasteiger partial charge in [-0.1, -0.05) is 26.2 Å². The normalized spacial score (nSPS) is 12.4. The van der Waals surface area contributed by atoms with Crippen molar-refractivity contribution in [1.29, 1.82) is 0 Å². The van der Waals surface area contributed by atoms with E-state index in [1.807, 2.05) is 6.92 Å². The highest BCUT2D eigenvalue weighted by atomic mass is 16.6. The van der Waals surface area contributed by atoms with E-state index in [-0.39, 0.29) is 12.6 Å². The van der Waals surface area contributed by atoms with Crippen molar-refractivity contribution in [2.45, 2.75) is 58.5 Å². The van der Waals surface area contributed by atoms with E-state index in [0.29, 0.717) is 19.6 Å². The minimum atomic E-state index is -0.410. The van der Waals surface area contributed by atoms with Gasteiger partial charge in [0.2, 0.25) is 0 Å². The van der Waals surface area contributed by atoms with Crippen LogP contribution in [0.1, 0.15) is 52.4 Å². The lowest BCUT2D eigenvalue weighted by molar-refractivity contribution is -0.157. The maximum Gasteiger partial charge on any atom is 0.335 e. The van der Waals surface area contributed by atoms with Crippen LogP contribution in [0.4, 0.5) is 0 Å². The Labute approximate surface area is 104 Å². The Morgan fingerprint density at radius 2 is 1.76 bits per heavy atom. The third-order valence-electron chi connectivity index (χ3n) is 2.54. The molecule has 0 saturated heterocycles. The van der Waals surface area contributed by atoms with Gasteiger partial charge in [-0.2, -0.15) is 0 Å². The molecule has 0 aliphatic carbocycles. The van der Waals surface area contributed by atoms with Crippen molar-refractivity contribution < 1.29 is 19.4 Å². The van der Waals surface area contributed by atoms with Crippen molar-refractivity contribution in [2.75, 3.05) is 19.8 Å². The molecule has 4 nitrogen and oxygen atoms in total. The highest BCUT2D eigenvalue weighted by molar-refractivity contribution is 5.74. The van der Waals surface area contributed by atoms with Gasteiger partial charge in [-0.25, -0.2) is 4.79 Å². The van der Waals surface area contributed by atoms with E-state index in [4.69, 9.17) is 14.6 Å². The molecule has 0 radical (unpaired) electrons. The third-order valence-corrected chi connectivity index (χ3v) is 2.54. The Balaban J connectivity index is 3.46. The maximum atomic E-state index is 11.4. The van der Waals surface area contributed by atoms with Crippen molar-refractivity contribution in [3.8, 4) is 0 Å². The van der Waals surface area contributed by atoms with Crippen molar-refractivity contribution in [3.63, 3.8) is 0 Å². The molecule has 0 aromatic heterocycles. The van der Waals surface area contributed by atoms with Crippen molar-refractivity contribution >= 4 is 5.97 Å². The lowest BCUT2D eigenvalue weighted by Crippen LogP contribution is -2.26. The molecule has 0 aromatic carbocycles. The van der Waals surface area contributed by atoms with Crippen LogP contribution in [0.25, 0.3) is 0 Å². The summed E-state index contributed by atoms with van der Waals surface area (Å²) in [5, 5.41) is 8.61. The molecule has 0 aliphatic heterocycles. The fourth-order valence-corrected chi connectivity index (χ4v) is 1.56. The first-order chi connectivity index (χ1) is 8.26. The van der Waals surface area contributed by atoms with Gasteiger partial charge in [-0.15, -0.1) is 0 Å². The van der Waals surface area contributed by atoms with Gasteiger partial charge in [0.05, 0.1) is 6.61 Å². The lowest BCUT2D eigenvalue weighted by Gasteiger charge is -2.14. The molecule has 0 spiro atoms. The molecule has 102 valence electrons. The first-order valence-corrected chi connectivity index (χ1v) is 6.65. The zero-order chi connectivity index (χ0) is 12.9. The molecule has 0 saturated carbocycles. The Kier molecular flexibility index (Phi) is 11.4. The number of carbonyl (C=O) groups is 1. The van der Waals surface area contributed by atoms with Gasteiger partial charge in [0.15, 0.2) is 6.10 Å². The number of carbonyl (C=O) groups excluding carboxylic acids is 1. The van der Waals surface area contributed by atoms with Crippen LogP contribution >= 0.6 is 0 Å². The fourth-order valence-electron chi connectivity index (χ4n) is 1.56. The monoisotopic (exact) mass is 246 g/mol. The second-order valence-corrected chi connectivity index (χ2v) is 4.01. The predicted octanol–water partition coefficient (Wildman–Crippen LogP) is 2.29. The van der Waals surface area contributed by atoms with Gasteiger partial charge in [-0.05, 0) is 26.2 Å². The number of esters is 1. The summed E-state index contributed by atoms with van der Waals surface area (Å²) in [6.07, 6.45) is 5.34. The second kappa shape index (κ2) is 11.9. The van der Waals surface area contributed by atoms with E-state index in [9.17, 15) is 4.79 Å². The zero-order valence-corrected chi connectivity index (χ0v) is 11.1. The smallest absolute Gasteiger partial charge is 0.335 e. The predicted molar refractivity (Wildman–Crippen MR) is 66.8 cm³/mol. The molecule has 1 unspecified atom stereocenters. The van der Waals surface area contributed by atoms with Crippen LogP contribution in [0.5, 0.6) is 0 Å². The van der Waals surface area contributed by atoms with E-state index in [1.165, 1.54) is 0 Å². The molecule has 1 atom stereocenters. The average molecular weight is 246 g/mol. The largest absolute Gasteiger partial charge is 0.464 e. The summed E-state index contributed by atoms with van der Waals surface area (Å²) in [5.74, 6) is -0.254. The van der Waals surface area contributed by atoms with E-state index in [0.717, 1.165) is 32.1 Å². The highest BCUT2D eigenvalue weighted by Crippen LogP contribution is 2.06. The molecule has 17 heavy (non-hydrogen) atoms. The zero-order valence-electron chi connectivity index (χ0n) is 11.1. The van der Waals surface area contributed by atoms with Crippen LogP contribution < -0.4 is 0 Å². The molecule has 0 rings (SSSR count). The Morgan fingerprint density at radius 3 is 2.35 bits per heavy atom. The van der Waals surface area contributed by atoms with Gasteiger partial charge in [0.1, 0.15) is 0 Å². The van der Waals surface area contributed by atoms with Crippen LogP contribution in [0.3, 0.4) is 0 Å². The molecule has 0 amide bonds. The summed E-state index contributed by atoms with van der Waals surface area (Å²) >= 11 is 0. The number of aliphatic hydroxyl groups is 1. The molecular formula is C13H26O4. The van der Waals surface area contributed by atoms with Crippen LogP contribution in [0, 0.1) is 0 Å². The van der Waals surface area contributed by atoms with Gasteiger partial charge >= 0.3 is 5.97 Å². The van der Waals surface area contributed by atoms with Crippen molar-refractivity contribution in [3.05, 3.63) is 0 Å². The average Bonchev–Trinajstić information content (AvgIpc) is 2.33. The molecule has 4 heteroatoms. The number of hydrogen-bond donors (Lipinski definition) is 1. The quantitative estimate of drug-likeness (QED) is 0.449. The summed E-state index contributed by atoms with van der Waals surface area (Å²) in [5.41, 5.74) is 0. The Hall–Kier alpha value is -0.610. The molecular weight excluding hydrogens is 220 g/mol. The summed E-state index contributed by atoms with van der Waals surface area (Å²) in [6, 6.07) is 0. The minimum Gasteiger partial charge on any atom is -0.464 e. The highest BCUT2D eigenvalue weighted by Gasteiger charge is 2.17. The molecule has 0 heterocycles. The number of ether oxygens (including phenoxy) is 2. The summed E-state index contributed by atoms with van der Waals surface area (Å²) in [7, 11) is 0. The topological polar surface area (TPSA) is 55.8 Å². The van der Waals surface area contributed by atoms with Crippen LogP contribution in [-0.2, 0) is 14.3 Å². The summed E-state index contributed by atoms with van der Waals surface area (Å²) in [4.78, 5) is 11.4. The third kappa shape index (κ3) is 9.12. The summed E-state index contributed by atoms with van der Waals surface area (Å²) in [6.45, 7) is 5.00. The Bertz CT molecular complexity index is 182. The van der Waals surface area contributed by atoms with Crippen molar-refractivity contribution in [1.82, 2.24) is 0 Å². The first kappa shape index (κ1) is 16.4. The van der Waals surface area contributed by atoms with E-state index in [2.05, 4.69) is 0 Å². The van der Waals surface area contributed by atoms with E-state index >= 15 is 0 Å². The Morgan fingerprint density at radius 1 is 1.12 bits per heavy atom. The second-order valence-electron chi connectivity index (χ2n) is 4.01. The molecule has 0 bridgehead atoms. The lowest BCUT2D eigenvalue weighted by atomic mass is 10.1. The van der Waals surface area contributed by atoms with Gasteiger partial charge in [0, 0.05) is 13.2 Å². The van der Waals surface area contributed by atoms with Gasteiger partial charge < -0.3 is 14.6 Å². The van der Waals surface area contributed by atoms with Gasteiger partial charge in [-0.3, -0.25) is 0 Å². The van der Waals surface area contributed by atoms with E-state index < -0.39 is 6.10 Å². The number of rotatable bonds is 11. The number of aliphatic hydroxyl groups excluding tert-OH is 1. The van der Waals surface area contributed by atoms with Crippen LogP contribution in [0.2, 0.25) is 0 Å². The van der Waals surface area contributed by atoms with E-state index in [1.54, 1.807) is 6.92 Å². The molecule has 0 aliphatic rings. The molecule has 0 fully saturated rings. The minimum absolute atomic E-state index is 0.254.